The van der Waals surface area contributed by atoms with Gasteiger partial charge in [-0.1, -0.05) is 35.9 Å². The van der Waals surface area contributed by atoms with Gasteiger partial charge in [-0.25, -0.2) is 0 Å². The summed E-state index contributed by atoms with van der Waals surface area (Å²) in [7, 11) is 1.79. The minimum Gasteiger partial charge on any atom is -0.481 e. The second kappa shape index (κ2) is 8.27. The Morgan fingerprint density at radius 1 is 1.14 bits per heavy atom. The van der Waals surface area contributed by atoms with Crippen LogP contribution in [0.25, 0.3) is 10.9 Å². The van der Waals surface area contributed by atoms with E-state index >= 15 is 0 Å². The van der Waals surface area contributed by atoms with Crippen LogP contribution in [0.2, 0.25) is 5.02 Å². The van der Waals surface area contributed by atoms with Crippen LogP contribution >= 0.6 is 11.6 Å². The van der Waals surface area contributed by atoms with Gasteiger partial charge in [0.1, 0.15) is 5.69 Å². The Kier molecular flexibility index (Phi) is 5.96. The minimum atomic E-state index is -0.908. The summed E-state index contributed by atoms with van der Waals surface area (Å²) in [6, 6.07) is 11.8. The van der Waals surface area contributed by atoms with Gasteiger partial charge in [-0.2, -0.15) is 0 Å². The zero-order valence-electron chi connectivity index (χ0n) is 16.4. The Bertz CT molecular complexity index is 1070. The van der Waals surface area contributed by atoms with Crippen LogP contribution in [0.5, 0.6) is 0 Å². The molecule has 3 N–H and O–H groups in total. The number of fused-ring (bicyclic) bond motifs is 1. The van der Waals surface area contributed by atoms with E-state index in [9.17, 15) is 14.7 Å². The molecular weight excluding hydrogens is 392 g/mol. The van der Waals surface area contributed by atoms with Crippen molar-refractivity contribution in [1.82, 2.24) is 9.88 Å². The molecule has 152 valence electrons. The molecule has 0 saturated heterocycles. The summed E-state index contributed by atoms with van der Waals surface area (Å²) >= 11 is 6.32. The van der Waals surface area contributed by atoms with Crippen LogP contribution in [-0.2, 0) is 11.8 Å². The molecule has 7 heteroatoms. The summed E-state index contributed by atoms with van der Waals surface area (Å²) in [4.78, 5) is 24.0. The molecule has 2 atom stereocenters. The minimum absolute atomic E-state index is 0.288. The summed E-state index contributed by atoms with van der Waals surface area (Å²) in [5, 5.41) is 23.1. The van der Waals surface area contributed by atoms with E-state index in [4.69, 9.17) is 16.7 Å². The van der Waals surface area contributed by atoms with Crippen molar-refractivity contribution in [2.45, 2.75) is 25.8 Å². The van der Waals surface area contributed by atoms with Gasteiger partial charge in [-0.15, -0.1) is 0 Å². The van der Waals surface area contributed by atoms with Crippen molar-refractivity contribution in [3.05, 3.63) is 69.9 Å². The van der Waals surface area contributed by atoms with Crippen molar-refractivity contribution in [2.24, 2.45) is 7.05 Å². The lowest BCUT2D eigenvalue weighted by Crippen LogP contribution is -2.32. The normalized spacial score (nSPS) is 13.3. The van der Waals surface area contributed by atoms with Gasteiger partial charge in [0.25, 0.3) is 5.91 Å². The second-order valence-electron chi connectivity index (χ2n) is 7.20. The number of aromatic nitrogens is 1. The maximum absolute atomic E-state index is 12.9. The highest BCUT2D eigenvalue weighted by Crippen LogP contribution is 2.28. The predicted octanol–water partition coefficient (Wildman–Crippen LogP) is 3.79. The quantitative estimate of drug-likeness (QED) is 0.572. The van der Waals surface area contributed by atoms with E-state index < -0.39 is 17.9 Å². The summed E-state index contributed by atoms with van der Waals surface area (Å²) in [5.41, 5.74) is 3.63. The van der Waals surface area contributed by atoms with Gasteiger partial charge < -0.3 is 20.1 Å². The summed E-state index contributed by atoms with van der Waals surface area (Å²) in [6.45, 7) is 3.26. The predicted molar refractivity (Wildman–Crippen MR) is 112 cm³/mol. The molecule has 1 heterocycles. The molecule has 2 aromatic carbocycles. The van der Waals surface area contributed by atoms with E-state index in [1.54, 1.807) is 48.9 Å². The zero-order chi connectivity index (χ0) is 21.3. The first-order valence-corrected chi connectivity index (χ1v) is 9.60. The van der Waals surface area contributed by atoms with Crippen molar-refractivity contribution >= 4 is 34.4 Å². The topological polar surface area (TPSA) is 91.6 Å². The number of hydrogen-bond acceptors (Lipinski definition) is 3. The Hall–Kier alpha value is -2.83. The molecule has 3 rings (SSSR count). The lowest BCUT2D eigenvalue weighted by atomic mass is 9.98. The molecule has 0 fully saturated rings. The number of nitrogens with zero attached hydrogens (tertiary/aromatic N) is 1. The Labute approximate surface area is 173 Å². The van der Waals surface area contributed by atoms with Crippen LogP contribution in [0.15, 0.2) is 42.5 Å². The van der Waals surface area contributed by atoms with Crippen LogP contribution in [0.4, 0.5) is 0 Å². The summed E-state index contributed by atoms with van der Waals surface area (Å²) in [6.07, 6.45) is 0. The number of rotatable bonds is 6. The highest BCUT2D eigenvalue weighted by Gasteiger charge is 2.20. The van der Waals surface area contributed by atoms with Crippen LogP contribution < -0.4 is 5.32 Å². The van der Waals surface area contributed by atoms with Gasteiger partial charge in [0.2, 0.25) is 0 Å². The fourth-order valence-electron chi connectivity index (χ4n) is 3.36. The monoisotopic (exact) mass is 414 g/mol. The van der Waals surface area contributed by atoms with Gasteiger partial charge in [0.15, 0.2) is 0 Å². The van der Waals surface area contributed by atoms with Crippen molar-refractivity contribution in [1.29, 1.82) is 0 Å². The van der Waals surface area contributed by atoms with Crippen LogP contribution in [-0.4, -0.2) is 33.3 Å². The molecule has 0 radical (unpaired) electrons. The Morgan fingerprint density at radius 2 is 1.76 bits per heavy atom. The molecule has 6 nitrogen and oxygen atoms in total. The molecule has 0 spiro atoms. The number of carbonyl (C=O) groups excluding carboxylic acids is 1. The lowest BCUT2D eigenvalue weighted by molar-refractivity contribution is -0.138. The van der Waals surface area contributed by atoms with Crippen molar-refractivity contribution in [3.63, 3.8) is 0 Å². The molecule has 0 unspecified atom stereocenters. The molecular formula is C22H23ClN2O4. The number of benzene rings is 2. The number of amides is 1. The van der Waals surface area contributed by atoms with Crippen LogP contribution in [0.3, 0.4) is 0 Å². The van der Waals surface area contributed by atoms with Gasteiger partial charge in [0.05, 0.1) is 29.1 Å². The van der Waals surface area contributed by atoms with Crippen molar-refractivity contribution in [2.75, 3.05) is 6.61 Å². The smallest absolute Gasteiger partial charge is 0.310 e. The third-order valence-electron chi connectivity index (χ3n) is 5.19. The number of carboxylic acid groups (broad SMARTS) is 1. The second-order valence-corrected chi connectivity index (χ2v) is 7.61. The van der Waals surface area contributed by atoms with Gasteiger partial charge in [0, 0.05) is 12.4 Å². The average Bonchev–Trinajstić information content (AvgIpc) is 3.02. The molecule has 0 aliphatic rings. The summed E-state index contributed by atoms with van der Waals surface area (Å²) in [5.74, 6) is -1.87. The average molecular weight is 415 g/mol. The van der Waals surface area contributed by atoms with Crippen LogP contribution in [0.1, 0.15) is 46.1 Å². The van der Waals surface area contributed by atoms with Crippen molar-refractivity contribution < 1.29 is 19.8 Å². The number of aliphatic hydroxyl groups excluding tert-OH is 1. The molecule has 0 saturated carbocycles. The molecule has 29 heavy (non-hydrogen) atoms. The molecule has 3 aromatic rings. The Morgan fingerprint density at radius 3 is 2.34 bits per heavy atom. The van der Waals surface area contributed by atoms with Crippen molar-refractivity contribution in [3.8, 4) is 0 Å². The van der Waals surface area contributed by atoms with E-state index in [1.165, 1.54) is 0 Å². The SMILES string of the molecule is Cc1cc(Cl)c2cc(C(=O)N[C@H](CO)c3ccc([C@@H](C)C(=O)O)cc3)n(C)c2c1. The highest BCUT2D eigenvalue weighted by atomic mass is 35.5. The number of halogens is 1. The molecule has 1 amide bonds. The number of nitrogens with one attached hydrogen (secondary N) is 1. The molecule has 0 aliphatic heterocycles. The van der Waals surface area contributed by atoms with Gasteiger partial charge in [-0.05, 0) is 48.7 Å². The standard InChI is InChI=1S/C22H23ClN2O4/c1-12-8-17(23)16-10-20(25(3)19(16)9-12)21(27)24-18(11-26)15-6-4-14(5-7-15)13(2)22(28)29/h4-10,13,18,26H,11H2,1-3H3,(H,24,27)(H,28,29)/t13-,18-/m1/s1. The largest absolute Gasteiger partial charge is 0.481 e. The first-order valence-electron chi connectivity index (χ1n) is 9.23. The number of aliphatic hydroxyl groups is 1. The third-order valence-corrected chi connectivity index (χ3v) is 5.50. The molecule has 0 bridgehead atoms. The number of aliphatic carboxylic acids is 1. The molecule has 1 aromatic heterocycles. The summed E-state index contributed by atoms with van der Waals surface area (Å²) < 4.78 is 1.77. The third kappa shape index (κ3) is 4.13. The number of hydrogen-bond donors (Lipinski definition) is 3. The maximum Gasteiger partial charge on any atom is 0.310 e. The van der Waals surface area contributed by atoms with E-state index in [-0.39, 0.29) is 12.5 Å². The highest BCUT2D eigenvalue weighted by molar-refractivity contribution is 6.35. The first-order chi connectivity index (χ1) is 13.7. The fourth-order valence-corrected chi connectivity index (χ4v) is 3.69. The van der Waals surface area contributed by atoms with E-state index in [1.807, 2.05) is 19.1 Å². The maximum atomic E-state index is 12.9. The lowest BCUT2D eigenvalue weighted by Gasteiger charge is -2.18. The van der Waals surface area contributed by atoms with Gasteiger partial charge in [-0.3, -0.25) is 9.59 Å². The van der Waals surface area contributed by atoms with Crippen LogP contribution in [0, 0.1) is 6.92 Å². The van der Waals surface area contributed by atoms with Gasteiger partial charge >= 0.3 is 5.97 Å². The molecule has 0 aliphatic carbocycles. The number of carbonyl (C=O) groups is 2. The first kappa shape index (κ1) is 20.9. The number of carboxylic acids is 1. The van der Waals surface area contributed by atoms with E-state index in [0.717, 1.165) is 16.5 Å². The van der Waals surface area contributed by atoms with E-state index in [0.29, 0.717) is 21.8 Å². The number of aryl methyl sites for hydroxylation is 2. The Balaban J connectivity index is 1.85. The zero-order valence-corrected chi connectivity index (χ0v) is 17.2. The fraction of sp³-hybridized carbons (Fsp3) is 0.273. The van der Waals surface area contributed by atoms with E-state index in [2.05, 4.69) is 5.32 Å².